The van der Waals surface area contributed by atoms with Gasteiger partial charge in [0.1, 0.15) is 22.1 Å². The van der Waals surface area contributed by atoms with Crippen molar-refractivity contribution < 1.29 is 19.4 Å². The number of rotatable bonds is 6. The number of methoxy groups -OCH3 is 1. The number of phenols is 1. The standard InChI is InChI=1S/C22H21NO4S/c1-4-27-22(25)20-18(15-7-5-14(2)6-8-15)13-28-21(20)23-12-16-11-17(26-3)9-10-19(16)24/h5-13,24H,4H2,1-3H3. The van der Waals surface area contributed by atoms with E-state index >= 15 is 0 Å². The lowest BCUT2D eigenvalue weighted by Gasteiger charge is -2.06. The van der Waals surface area contributed by atoms with Gasteiger partial charge in [-0.25, -0.2) is 9.79 Å². The molecule has 144 valence electrons. The summed E-state index contributed by atoms with van der Waals surface area (Å²) in [5.74, 6) is 0.273. The molecular formula is C22H21NO4S. The average Bonchev–Trinajstić information content (AvgIpc) is 3.12. The zero-order chi connectivity index (χ0) is 20.1. The van der Waals surface area contributed by atoms with E-state index in [4.69, 9.17) is 9.47 Å². The van der Waals surface area contributed by atoms with Crippen molar-refractivity contribution in [1.82, 2.24) is 0 Å². The van der Waals surface area contributed by atoms with Gasteiger partial charge in [-0.15, -0.1) is 11.3 Å². The van der Waals surface area contributed by atoms with Gasteiger partial charge in [0.05, 0.1) is 13.7 Å². The minimum atomic E-state index is -0.415. The molecule has 6 heteroatoms. The minimum absolute atomic E-state index is 0.0811. The molecule has 3 rings (SSSR count). The van der Waals surface area contributed by atoms with Crippen LogP contribution in [0.15, 0.2) is 52.8 Å². The molecule has 0 unspecified atom stereocenters. The van der Waals surface area contributed by atoms with Crippen LogP contribution in [0.1, 0.15) is 28.4 Å². The van der Waals surface area contributed by atoms with Crippen molar-refractivity contribution in [3.8, 4) is 22.6 Å². The van der Waals surface area contributed by atoms with E-state index in [1.54, 1.807) is 32.2 Å². The second-order valence-corrected chi connectivity index (χ2v) is 6.96. The van der Waals surface area contributed by atoms with Crippen molar-refractivity contribution in [2.45, 2.75) is 13.8 Å². The molecule has 0 spiro atoms. The average molecular weight is 395 g/mol. The molecule has 28 heavy (non-hydrogen) atoms. The van der Waals surface area contributed by atoms with E-state index in [0.717, 1.165) is 16.7 Å². The molecule has 0 fully saturated rings. The van der Waals surface area contributed by atoms with E-state index < -0.39 is 5.97 Å². The number of ether oxygens (including phenoxy) is 2. The lowest BCUT2D eigenvalue weighted by molar-refractivity contribution is 0.0529. The summed E-state index contributed by atoms with van der Waals surface area (Å²) in [6, 6.07) is 12.8. The minimum Gasteiger partial charge on any atom is -0.507 e. The van der Waals surface area contributed by atoms with Crippen LogP contribution in [0.5, 0.6) is 11.5 Å². The highest BCUT2D eigenvalue weighted by atomic mass is 32.1. The quantitative estimate of drug-likeness (QED) is 0.450. The number of benzene rings is 2. The van der Waals surface area contributed by atoms with Crippen LogP contribution in [0.3, 0.4) is 0 Å². The van der Waals surface area contributed by atoms with Gasteiger partial charge in [0.15, 0.2) is 0 Å². The molecule has 2 aromatic carbocycles. The smallest absolute Gasteiger partial charge is 0.341 e. The second-order valence-electron chi connectivity index (χ2n) is 6.10. The fraction of sp³-hybridized carbons (Fsp3) is 0.182. The number of carbonyl (C=O) groups excluding carboxylic acids is 1. The fourth-order valence-corrected chi connectivity index (χ4v) is 3.59. The van der Waals surface area contributed by atoms with Gasteiger partial charge >= 0.3 is 5.97 Å². The Morgan fingerprint density at radius 1 is 1.21 bits per heavy atom. The van der Waals surface area contributed by atoms with Gasteiger partial charge in [0.2, 0.25) is 0 Å². The van der Waals surface area contributed by atoms with Crippen molar-refractivity contribution >= 4 is 28.5 Å². The van der Waals surface area contributed by atoms with Gasteiger partial charge in [-0.2, -0.15) is 0 Å². The molecule has 0 radical (unpaired) electrons. The summed E-state index contributed by atoms with van der Waals surface area (Å²) in [5, 5.41) is 12.5. The second kappa shape index (κ2) is 8.71. The maximum absolute atomic E-state index is 12.6. The molecular weight excluding hydrogens is 374 g/mol. The van der Waals surface area contributed by atoms with Crippen LogP contribution >= 0.6 is 11.3 Å². The van der Waals surface area contributed by atoms with Crippen molar-refractivity contribution in [3.05, 3.63) is 64.5 Å². The zero-order valence-corrected chi connectivity index (χ0v) is 16.7. The van der Waals surface area contributed by atoms with Crippen molar-refractivity contribution in [2.75, 3.05) is 13.7 Å². The van der Waals surface area contributed by atoms with Crippen LogP contribution in [0, 0.1) is 6.92 Å². The topological polar surface area (TPSA) is 68.1 Å². The van der Waals surface area contributed by atoms with Crippen LogP contribution < -0.4 is 4.74 Å². The summed E-state index contributed by atoms with van der Waals surface area (Å²) in [6.07, 6.45) is 1.52. The number of thiophene rings is 1. The number of phenolic OH excluding ortho intramolecular Hbond substituents is 1. The molecule has 1 aromatic heterocycles. The molecule has 0 atom stereocenters. The van der Waals surface area contributed by atoms with E-state index in [0.29, 0.717) is 21.9 Å². The van der Waals surface area contributed by atoms with E-state index in [9.17, 15) is 9.90 Å². The number of aryl methyl sites for hydroxylation is 1. The molecule has 0 bridgehead atoms. The van der Waals surface area contributed by atoms with Crippen LogP contribution in [0.4, 0.5) is 5.00 Å². The van der Waals surface area contributed by atoms with Gasteiger partial charge in [-0.1, -0.05) is 29.8 Å². The van der Waals surface area contributed by atoms with Crippen molar-refractivity contribution in [1.29, 1.82) is 0 Å². The molecule has 0 aliphatic rings. The van der Waals surface area contributed by atoms with Crippen LogP contribution in [0.2, 0.25) is 0 Å². The van der Waals surface area contributed by atoms with Crippen LogP contribution in [-0.4, -0.2) is 31.0 Å². The lowest BCUT2D eigenvalue weighted by Crippen LogP contribution is -2.05. The van der Waals surface area contributed by atoms with Gasteiger partial charge in [-0.05, 0) is 37.6 Å². The normalized spacial score (nSPS) is 11.0. The molecule has 5 nitrogen and oxygen atoms in total. The SMILES string of the molecule is CCOC(=O)c1c(-c2ccc(C)cc2)csc1N=Cc1cc(OC)ccc1O. The Bertz CT molecular complexity index is 1010. The Morgan fingerprint density at radius 2 is 1.96 bits per heavy atom. The van der Waals surface area contributed by atoms with Crippen LogP contribution in [0.25, 0.3) is 11.1 Å². The number of nitrogens with zero attached hydrogens (tertiary/aromatic N) is 1. The highest BCUT2D eigenvalue weighted by Crippen LogP contribution is 2.38. The summed E-state index contributed by atoms with van der Waals surface area (Å²) in [4.78, 5) is 17.1. The first-order chi connectivity index (χ1) is 13.5. The van der Waals surface area contributed by atoms with Gasteiger partial charge in [0, 0.05) is 22.7 Å². The molecule has 0 saturated heterocycles. The maximum Gasteiger partial charge on any atom is 0.341 e. The molecule has 0 saturated carbocycles. The van der Waals surface area contributed by atoms with E-state index in [2.05, 4.69) is 4.99 Å². The summed E-state index contributed by atoms with van der Waals surface area (Å²) in [5.41, 5.74) is 3.78. The molecule has 1 N–H and O–H groups in total. The van der Waals surface area contributed by atoms with Crippen molar-refractivity contribution in [2.24, 2.45) is 4.99 Å². The highest BCUT2D eigenvalue weighted by Gasteiger charge is 2.21. The molecule has 0 aliphatic carbocycles. The number of esters is 1. The molecule has 3 aromatic rings. The molecule has 0 amide bonds. The zero-order valence-electron chi connectivity index (χ0n) is 15.9. The van der Waals surface area contributed by atoms with E-state index in [1.807, 2.05) is 36.6 Å². The van der Waals surface area contributed by atoms with E-state index in [1.165, 1.54) is 17.6 Å². The predicted octanol–water partition coefficient (Wildman–Crippen LogP) is 5.37. The summed E-state index contributed by atoms with van der Waals surface area (Å²) < 4.78 is 10.4. The van der Waals surface area contributed by atoms with E-state index in [-0.39, 0.29) is 12.4 Å². The largest absolute Gasteiger partial charge is 0.507 e. The van der Waals surface area contributed by atoms with Gasteiger partial charge in [-0.3, -0.25) is 0 Å². The monoisotopic (exact) mass is 395 g/mol. The fourth-order valence-electron chi connectivity index (χ4n) is 2.68. The van der Waals surface area contributed by atoms with Crippen molar-refractivity contribution in [3.63, 3.8) is 0 Å². The first-order valence-electron chi connectivity index (χ1n) is 8.80. The van der Waals surface area contributed by atoms with Crippen LogP contribution in [-0.2, 0) is 4.74 Å². The summed E-state index contributed by atoms with van der Waals surface area (Å²) >= 11 is 1.35. The third-order valence-corrected chi connectivity index (χ3v) is 5.06. The number of hydrogen-bond donors (Lipinski definition) is 1. The number of aliphatic imine (C=N–C) groups is 1. The Kier molecular flexibility index (Phi) is 6.11. The third kappa shape index (κ3) is 4.23. The Hall–Kier alpha value is -3.12. The van der Waals surface area contributed by atoms with Gasteiger partial charge in [0.25, 0.3) is 0 Å². The lowest BCUT2D eigenvalue weighted by atomic mass is 10.0. The number of aromatic hydroxyl groups is 1. The predicted molar refractivity (Wildman–Crippen MR) is 112 cm³/mol. The molecule has 0 aliphatic heterocycles. The Balaban J connectivity index is 2.03. The maximum atomic E-state index is 12.6. The number of carbonyl (C=O) groups is 1. The summed E-state index contributed by atoms with van der Waals surface area (Å²) in [6.45, 7) is 4.06. The Morgan fingerprint density at radius 3 is 2.64 bits per heavy atom. The van der Waals surface area contributed by atoms with Gasteiger partial charge < -0.3 is 14.6 Å². The highest BCUT2D eigenvalue weighted by molar-refractivity contribution is 7.14. The Labute approximate surface area is 167 Å². The molecule has 1 heterocycles. The first-order valence-corrected chi connectivity index (χ1v) is 9.68. The number of hydrogen-bond acceptors (Lipinski definition) is 6. The first kappa shape index (κ1) is 19.6. The third-order valence-electron chi connectivity index (χ3n) is 4.17. The summed E-state index contributed by atoms with van der Waals surface area (Å²) in [7, 11) is 1.55.